The van der Waals surface area contributed by atoms with Crippen LogP contribution in [0.3, 0.4) is 0 Å². The van der Waals surface area contributed by atoms with Crippen molar-refractivity contribution in [2.45, 2.75) is 125 Å². The summed E-state index contributed by atoms with van der Waals surface area (Å²) in [6.07, 6.45) is 16.7. The molecule has 10 atom stereocenters. The van der Waals surface area contributed by atoms with Crippen molar-refractivity contribution in [1.82, 2.24) is 0 Å². The predicted molar refractivity (Wildman–Crippen MR) is 194 cm³/mol. The van der Waals surface area contributed by atoms with Crippen molar-refractivity contribution >= 4 is 31.0 Å². The molecule has 0 aromatic rings. The molecule has 13 heteroatoms. The number of ether oxygens (including phenoxy) is 2. The van der Waals surface area contributed by atoms with Crippen LogP contribution < -0.4 is 0 Å². The Bertz CT molecular complexity index is 1240. The van der Waals surface area contributed by atoms with E-state index in [0.717, 1.165) is 0 Å². The molecule has 0 radical (unpaired) electrons. The molecule has 2 aliphatic rings. The van der Waals surface area contributed by atoms with E-state index in [0.29, 0.717) is 16.7 Å². The first-order valence-corrected chi connectivity index (χ1v) is 18.4. The molecule has 282 valence electrons. The maximum absolute atomic E-state index is 11.9. The van der Waals surface area contributed by atoms with Gasteiger partial charge in [0.25, 0.3) is 0 Å². The molecule has 9 N–H and O–H groups in total. The van der Waals surface area contributed by atoms with Gasteiger partial charge in [0.05, 0.1) is 18.1 Å². The Hall–Kier alpha value is -2.27. The second-order valence-electron chi connectivity index (χ2n) is 13.2. The van der Waals surface area contributed by atoms with Crippen LogP contribution in [0.25, 0.3) is 0 Å². The minimum atomic E-state index is -1.91. The van der Waals surface area contributed by atoms with Gasteiger partial charge in [-0.25, -0.2) is 0 Å². The molecule has 2 aliphatic heterocycles. The Labute approximate surface area is 313 Å². The molecule has 1 fully saturated rings. The van der Waals surface area contributed by atoms with Crippen molar-refractivity contribution in [3.05, 3.63) is 85.1 Å². The number of rotatable bonds is 1. The van der Waals surface area contributed by atoms with E-state index in [-0.39, 0.29) is 64.4 Å². The zero-order chi connectivity index (χ0) is 37.6. The van der Waals surface area contributed by atoms with Crippen molar-refractivity contribution < 1.29 is 60.2 Å². The van der Waals surface area contributed by atoms with Gasteiger partial charge in [-0.3, -0.25) is 4.79 Å². The van der Waals surface area contributed by atoms with Crippen LogP contribution in [-0.4, -0.2) is 138 Å². The van der Waals surface area contributed by atoms with Gasteiger partial charge in [0.1, 0.15) is 0 Å². The summed E-state index contributed by atoms with van der Waals surface area (Å²) in [4.78, 5) is 11.9. The van der Waals surface area contributed by atoms with Crippen LogP contribution in [0.4, 0.5) is 0 Å². The molecule has 0 amide bonds. The summed E-state index contributed by atoms with van der Waals surface area (Å²) in [5.41, 5.74) is 0. The van der Waals surface area contributed by atoms with Gasteiger partial charge in [0.2, 0.25) is 0 Å². The molecular weight excluding hydrogens is 673 g/mol. The van der Waals surface area contributed by atoms with Gasteiger partial charge in [-0.2, -0.15) is 0 Å². The van der Waals surface area contributed by atoms with Gasteiger partial charge in [0.15, 0.2) is 5.79 Å². The van der Waals surface area contributed by atoms with Gasteiger partial charge in [0, 0.05) is 12.8 Å². The predicted octanol–water partition coefficient (Wildman–Crippen LogP) is 1.81. The number of fused-ring (bicyclic) bond motifs is 2. The van der Waals surface area contributed by atoms with E-state index < -0.39 is 66.5 Å². The quantitative estimate of drug-likeness (QED) is 0.177. The van der Waals surface area contributed by atoms with Crippen molar-refractivity contribution in [2.75, 3.05) is 6.61 Å². The first-order chi connectivity index (χ1) is 24.3. The van der Waals surface area contributed by atoms with Gasteiger partial charge in [-0.15, -0.1) is 0 Å². The molecule has 0 aliphatic carbocycles. The second-order valence-corrected chi connectivity index (χ2v) is 14.0. The van der Waals surface area contributed by atoms with Crippen LogP contribution in [0.1, 0.15) is 70.6 Å². The van der Waals surface area contributed by atoms with Gasteiger partial charge in [-0.05, 0) is 6.42 Å². The third-order valence-electron chi connectivity index (χ3n) is 8.63. The minimum absolute atomic E-state index is 0.0153. The van der Waals surface area contributed by atoms with Crippen LogP contribution in [0, 0.1) is 5.92 Å². The van der Waals surface area contributed by atoms with E-state index in [9.17, 15) is 50.8 Å². The molecule has 0 aromatic heterocycles. The summed E-state index contributed by atoms with van der Waals surface area (Å²) in [6.45, 7) is 0.279. The normalized spacial score (nSPS) is 39.7. The molecule has 51 heavy (non-hydrogen) atoms. The topological polar surface area (TPSA) is 218 Å². The maximum atomic E-state index is 11.9. The Kier molecular flexibility index (Phi) is 21.9. The number of carboxylic acids is 1. The SMILES string of the molecule is O=C(O)C1CCC2(O)CC(O)CC(O)C(O)CCC(O)CC(O)C[C](=[Mg])OCCC(O)C/C=C/C=C/C=C/C=C/C=C/C=C/C=C/C(O)CC1O2. The number of aliphatic carboxylic acids is 1. The molecule has 12 nitrogen and oxygen atoms in total. The smallest absolute Gasteiger partial charge is 0.389 e. The van der Waals surface area contributed by atoms with E-state index in [1.165, 1.54) is 27.3 Å². The number of hydrogen-bond acceptors (Lipinski definition) is 11. The van der Waals surface area contributed by atoms with Crippen LogP contribution >= 0.6 is 0 Å². The third-order valence-corrected chi connectivity index (χ3v) is 9.12. The molecule has 10 unspecified atom stereocenters. The van der Waals surface area contributed by atoms with E-state index in [1.807, 2.05) is 54.7 Å². The summed E-state index contributed by atoms with van der Waals surface area (Å²) < 4.78 is 12.0. The Balaban J connectivity index is 2.07. The number of aliphatic hydroxyl groups excluding tert-OH is 7. The average molecular weight is 729 g/mol. The van der Waals surface area contributed by atoms with E-state index >= 15 is 0 Å². The Morgan fingerprint density at radius 1 is 0.686 bits per heavy atom. The fourth-order valence-electron chi connectivity index (χ4n) is 5.84. The second kappa shape index (κ2) is 24.9. The summed E-state index contributed by atoms with van der Waals surface area (Å²) in [5.74, 6) is -4.02. The molecule has 0 spiro atoms. The van der Waals surface area contributed by atoms with Crippen molar-refractivity contribution in [3.63, 3.8) is 0 Å². The third kappa shape index (κ3) is 19.9. The average Bonchev–Trinajstić information content (AvgIpc) is 3.04. The fraction of sp³-hybridized carbons (Fsp3) is 0.579. The number of carboxylic acid groups (broad SMARTS) is 1. The summed E-state index contributed by atoms with van der Waals surface area (Å²) in [6, 6.07) is 0. The molecule has 2 heterocycles. The van der Waals surface area contributed by atoms with Gasteiger partial charge in [-0.1, -0.05) is 48.6 Å². The molecule has 0 saturated carbocycles. The molecule has 1 saturated heterocycles. The molecule has 2 rings (SSSR count). The first kappa shape index (κ1) is 44.9. The van der Waals surface area contributed by atoms with E-state index in [2.05, 4.69) is 0 Å². The molecule has 0 aromatic carbocycles. The van der Waals surface area contributed by atoms with Crippen molar-refractivity contribution in [1.29, 1.82) is 0 Å². The Morgan fingerprint density at radius 3 is 1.92 bits per heavy atom. The van der Waals surface area contributed by atoms with E-state index in [1.54, 1.807) is 24.3 Å². The number of aliphatic hydroxyl groups is 8. The number of carbonyl (C=O) groups is 1. The van der Waals surface area contributed by atoms with Gasteiger partial charge < -0.3 is 20.1 Å². The fourth-order valence-corrected chi connectivity index (χ4v) is 6.31. The molecular formula is C38H56MgO12. The van der Waals surface area contributed by atoms with Crippen LogP contribution in [0.15, 0.2) is 85.1 Å². The van der Waals surface area contributed by atoms with Crippen LogP contribution in [0.5, 0.6) is 0 Å². The van der Waals surface area contributed by atoms with Crippen molar-refractivity contribution in [2.24, 2.45) is 5.92 Å². The van der Waals surface area contributed by atoms with Crippen molar-refractivity contribution in [3.8, 4) is 0 Å². The molecule has 2 bridgehead atoms. The zero-order valence-corrected chi connectivity index (χ0v) is 30.6. The number of hydrogen-bond donors (Lipinski definition) is 9. The Morgan fingerprint density at radius 2 is 1.29 bits per heavy atom. The first-order valence-electron chi connectivity index (χ1n) is 17.6. The summed E-state index contributed by atoms with van der Waals surface area (Å²) in [7, 11) is 0. The van der Waals surface area contributed by atoms with Gasteiger partial charge >= 0.3 is 197 Å². The van der Waals surface area contributed by atoms with Crippen LogP contribution in [0.2, 0.25) is 0 Å². The zero-order valence-electron chi connectivity index (χ0n) is 29.2. The standard InChI is InChI=1S/C38H56O12.Mg/c39-28-14-12-10-8-6-4-2-1-3-5-7-9-11-13-15-29(40)26-36-33(37(46)47)18-21-38(48,50-36)27-32(43)25-35(45)34(44)17-16-30(41)24-31(42)20-23-49-22-19-28;/h1-13,15,28-36,39-45,48H,14,16-22,24-27H2,(H,46,47);/b3-1+,4-2+,7-5+,8-6+,11-9+,12-10+,15-13+;. The summed E-state index contributed by atoms with van der Waals surface area (Å²) in [5, 5.41) is 94.1. The van der Waals surface area contributed by atoms with Crippen LogP contribution in [-0.2, 0) is 14.3 Å². The summed E-state index contributed by atoms with van der Waals surface area (Å²) >= 11 is 1.48. The minimum Gasteiger partial charge on any atom is -0.389 e. The monoisotopic (exact) mass is 728 g/mol. The number of allylic oxidation sites excluding steroid dienone is 12. The van der Waals surface area contributed by atoms with E-state index in [4.69, 9.17) is 9.47 Å².